The highest BCUT2D eigenvalue weighted by Gasteiger charge is 2.29. The van der Waals surface area contributed by atoms with Crippen LogP contribution in [0.2, 0.25) is 0 Å². The zero-order valence-electron chi connectivity index (χ0n) is 12.4. The van der Waals surface area contributed by atoms with Crippen LogP contribution < -0.4 is 0 Å². The summed E-state index contributed by atoms with van der Waals surface area (Å²) in [6.45, 7) is 3.08. The van der Waals surface area contributed by atoms with E-state index >= 15 is 0 Å². The standard InChI is InChI=1S/C17H22N2O2/c1-13(20)15-7-9-19(10-8-15)17(21)16(12-18)11-14-5-3-2-4-6-14/h2-6,13,15-16,20H,7-11H2,1H3. The highest BCUT2D eigenvalue weighted by Crippen LogP contribution is 2.22. The van der Waals surface area contributed by atoms with Gasteiger partial charge in [0.05, 0.1) is 12.2 Å². The number of hydrogen-bond acceptors (Lipinski definition) is 3. The normalized spacial score (nSPS) is 18.8. The molecule has 1 saturated heterocycles. The summed E-state index contributed by atoms with van der Waals surface area (Å²) in [5.74, 6) is -0.426. The molecule has 1 aliphatic rings. The fourth-order valence-corrected chi connectivity index (χ4v) is 2.86. The van der Waals surface area contributed by atoms with Gasteiger partial charge in [0.25, 0.3) is 0 Å². The van der Waals surface area contributed by atoms with E-state index in [1.807, 2.05) is 30.3 Å². The molecule has 0 aliphatic carbocycles. The number of nitrogens with zero attached hydrogens (tertiary/aromatic N) is 2. The predicted octanol–water partition coefficient (Wildman–Crippen LogP) is 1.99. The SMILES string of the molecule is CC(O)C1CCN(C(=O)C(C#N)Cc2ccccc2)CC1. The third-order valence-electron chi connectivity index (χ3n) is 4.27. The predicted molar refractivity (Wildman–Crippen MR) is 80.2 cm³/mol. The molecular weight excluding hydrogens is 264 g/mol. The molecule has 0 aromatic heterocycles. The number of piperidine rings is 1. The summed E-state index contributed by atoms with van der Waals surface area (Å²) in [6.07, 6.45) is 1.77. The quantitative estimate of drug-likeness (QED) is 0.920. The maximum atomic E-state index is 12.5. The van der Waals surface area contributed by atoms with Crippen molar-refractivity contribution in [2.24, 2.45) is 11.8 Å². The first-order chi connectivity index (χ1) is 10.1. The lowest BCUT2D eigenvalue weighted by atomic mass is 9.91. The number of benzene rings is 1. The van der Waals surface area contributed by atoms with Gasteiger partial charge in [-0.15, -0.1) is 0 Å². The number of likely N-dealkylation sites (tertiary alicyclic amines) is 1. The fourth-order valence-electron chi connectivity index (χ4n) is 2.86. The van der Waals surface area contributed by atoms with Gasteiger partial charge < -0.3 is 10.0 Å². The van der Waals surface area contributed by atoms with Crippen LogP contribution in [0.3, 0.4) is 0 Å². The van der Waals surface area contributed by atoms with E-state index in [0.717, 1.165) is 18.4 Å². The Morgan fingerprint density at radius 2 is 2.00 bits per heavy atom. The third-order valence-corrected chi connectivity index (χ3v) is 4.27. The Morgan fingerprint density at radius 1 is 1.38 bits per heavy atom. The van der Waals surface area contributed by atoms with Crippen LogP contribution >= 0.6 is 0 Å². The van der Waals surface area contributed by atoms with E-state index in [0.29, 0.717) is 19.5 Å². The maximum Gasteiger partial charge on any atom is 0.240 e. The Labute approximate surface area is 126 Å². The highest BCUT2D eigenvalue weighted by molar-refractivity contribution is 5.81. The Hall–Kier alpha value is -1.86. The second-order valence-corrected chi connectivity index (χ2v) is 5.77. The van der Waals surface area contributed by atoms with Crippen LogP contribution in [-0.4, -0.2) is 35.1 Å². The van der Waals surface area contributed by atoms with Crippen LogP contribution in [0.4, 0.5) is 0 Å². The summed E-state index contributed by atoms with van der Waals surface area (Å²) in [4.78, 5) is 14.2. The molecule has 1 heterocycles. The topological polar surface area (TPSA) is 64.3 Å². The van der Waals surface area contributed by atoms with Crippen LogP contribution in [-0.2, 0) is 11.2 Å². The molecule has 1 N–H and O–H groups in total. The Bertz CT molecular complexity index is 499. The molecule has 0 saturated carbocycles. The zero-order chi connectivity index (χ0) is 15.2. The Kier molecular flexibility index (Phi) is 5.35. The molecule has 0 radical (unpaired) electrons. The molecule has 0 bridgehead atoms. The van der Waals surface area contributed by atoms with Gasteiger partial charge in [-0.05, 0) is 37.7 Å². The lowest BCUT2D eigenvalue weighted by Gasteiger charge is -2.34. The number of rotatable bonds is 4. The van der Waals surface area contributed by atoms with E-state index in [1.165, 1.54) is 0 Å². The van der Waals surface area contributed by atoms with Crippen molar-refractivity contribution in [2.75, 3.05) is 13.1 Å². The van der Waals surface area contributed by atoms with Gasteiger partial charge in [0.15, 0.2) is 0 Å². The molecule has 0 spiro atoms. The van der Waals surface area contributed by atoms with Crippen molar-refractivity contribution in [3.8, 4) is 6.07 Å². The molecule has 112 valence electrons. The fraction of sp³-hybridized carbons (Fsp3) is 0.529. The summed E-state index contributed by atoms with van der Waals surface area (Å²) in [5.41, 5.74) is 1.01. The van der Waals surface area contributed by atoms with E-state index in [-0.39, 0.29) is 17.9 Å². The molecule has 21 heavy (non-hydrogen) atoms. The molecule has 1 fully saturated rings. The number of carbonyl (C=O) groups excluding carboxylic acids is 1. The van der Waals surface area contributed by atoms with E-state index in [2.05, 4.69) is 6.07 Å². The zero-order valence-corrected chi connectivity index (χ0v) is 12.4. The van der Waals surface area contributed by atoms with Crippen molar-refractivity contribution in [1.82, 2.24) is 4.90 Å². The van der Waals surface area contributed by atoms with Crippen molar-refractivity contribution in [2.45, 2.75) is 32.3 Å². The highest BCUT2D eigenvalue weighted by atomic mass is 16.3. The summed E-state index contributed by atoms with van der Waals surface area (Å²) in [6, 6.07) is 11.8. The van der Waals surface area contributed by atoms with Crippen LogP contribution in [0.1, 0.15) is 25.3 Å². The maximum absolute atomic E-state index is 12.5. The first-order valence-corrected chi connectivity index (χ1v) is 7.52. The van der Waals surface area contributed by atoms with Crippen molar-refractivity contribution >= 4 is 5.91 Å². The Morgan fingerprint density at radius 3 is 2.52 bits per heavy atom. The molecular formula is C17H22N2O2. The molecule has 1 aromatic rings. The summed E-state index contributed by atoms with van der Waals surface area (Å²) in [7, 11) is 0. The van der Waals surface area contributed by atoms with Crippen LogP contribution in [0.5, 0.6) is 0 Å². The molecule has 1 aliphatic heterocycles. The summed E-state index contributed by atoms with van der Waals surface area (Å²) >= 11 is 0. The minimum Gasteiger partial charge on any atom is -0.393 e. The van der Waals surface area contributed by atoms with Gasteiger partial charge in [-0.3, -0.25) is 4.79 Å². The molecule has 1 amide bonds. The van der Waals surface area contributed by atoms with Crippen molar-refractivity contribution in [1.29, 1.82) is 5.26 Å². The lowest BCUT2D eigenvalue weighted by molar-refractivity contribution is -0.135. The number of aliphatic hydroxyl groups excluding tert-OH is 1. The molecule has 2 atom stereocenters. The number of nitriles is 1. The van der Waals surface area contributed by atoms with Crippen LogP contribution in [0.15, 0.2) is 30.3 Å². The lowest BCUT2D eigenvalue weighted by Crippen LogP contribution is -2.43. The van der Waals surface area contributed by atoms with E-state index < -0.39 is 5.92 Å². The monoisotopic (exact) mass is 286 g/mol. The van der Waals surface area contributed by atoms with Crippen molar-refractivity contribution in [3.63, 3.8) is 0 Å². The second kappa shape index (κ2) is 7.24. The van der Waals surface area contributed by atoms with Gasteiger partial charge >= 0.3 is 0 Å². The van der Waals surface area contributed by atoms with Gasteiger partial charge in [-0.2, -0.15) is 5.26 Å². The average molecular weight is 286 g/mol. The number of carbonyl (C=O) groups is 1. The van der Waals surface area contributed by atoms with Gasteiger partial charge in [-0.1, -0.05) is 30.3 Å². The smallest absolute Gasteiger partial charge is 0.240 e. The van der Waals surface area contributed by atoms with E-state index in [4.69, 9.17) is 0 Å². The summed E-state index contributed by atoms with van der Waals surface area (Å²) in [5, 5.41) is 18.9. The van der Waals surface area contributed by atoms with Gasteiger partial charge in [-0.25, -0.2) is 0 Å². The Balaban J connectivity index is 1.94. The minimum atomic E-state index is -0.615. The third kappa shape index (κ3) is 4.05. The number of amides is 1. The molecule has 4 nitrogen and oxygen atoms in total. The average Bonchev–Trinajstić information content (AvgIpc) is 2.53. The minimum absolute atomic E-state index is 0.0783. The first kappa shape index (κ1) is 15.5. The molecule has 2 unspecified atom stereocenters. The molecule has 1 aromatic carbocycles. The molecule has 2 rings (SSSR count). The molecule has 4 heteroatoms. The van der Waals surface area contributed by atoms with Gasteiger partial charge in [0.1, 0.15) is 5.92 Å². The van der Waals surface area contributed by atoms with Gasteiger partial charge in [0.2, 0.25) is 5.91 Å². The summed E-state index contributed by atoms with van der Waals surface area (Å²) < 4.78 is 0. The van der Waals surface area contributed by atoms with Gasteiger partial charge in [0, 0.05) is 13.1 Å². The largest absolute Gasteiger partial charge is 0.393 e. The van der Waals surface area contributed by atoms with Crippen LogP contribution in [0.25, 0.3) is 0 Å². The van der Waals surface area contributed by atoms with Crippen LogP contribution in [0, 0.1) is 23.2 Å². The van der Waals surface area contributed by atoms with Crippen molar-refractivity contribution in [3.05, 3.63) is 35.9 Å². The first-order valence-electron chi connectivity index (χ1n) is 7.52. The number of aliphatic hydroxyl groups is 1. The second-order valence-electron chi connectivity index (χ2n) is 5.77. The van der Waals surface area contributed by atoms with E-state index in [1.54, 1.807) is 11.8 Å². The van der Waals surface area contributed by atoms with Crippen molar-refractivity contribution < 1.29 is 9.90 Å². The van der Waals surface area contributed by atoms with E-state index in [9.17, 15) is 15.2 Å². The number of hydrogen-bond donors (Lipinski definition) is 1.